The number of carbonyl (C=O) groups excluding carboxylic acids is 2. The summed E-state index contributed by atoms with van der Waals surface area (Å²) in [4.78, 5) is 38.9. The number of phenolic OH excluding ortho intramolecular Hbond substituents is 1. The molecule has 0 amide bonds. The molecule has 1 aromatic heterocycles. The fourth-order valence-corrected chi connectivity index (χ4v) is 3.63. The van der Waals surface area contributed by atoms with Gasteiger partial charge in [0.1, 0.15) is 17.1 Å². The van der Waals surface area contributed by atoms with Gasteiger partial charge in [0.05, 0.1) is 16.5 Å². The van der Waals surface area contributed by atoms with Crippen molar-refractivity contribution >= 4 is 22.5 Å². The van der Waals surface area contributed by atoms with Crippen molar-refractivity contribution in [2.45, 2.75) is 33.1 Å². The number of aromatic hydroxyl groups is 1. The quantitative estimate of drug-likeness (QED) is 0.580. The average molecular weight is 362 g/mol. The first-order valence-corrected chi connectivity index (χ1v) is 8.87. The van der Waals surface area contributed by atoms with Crippen LogP contribution in [0.2, 0.25) is 0 Å². The highest BCUT2D eigenvalue weighted by Gasteiger charge is 2.35. The van der Waals surface area contributed by atoms with Crippen molar-refractivity contribution in [1.29, 1.82) is 0 Å². The number of hydrogen-bond donors (Lipinski definition) is 1. The number of phenols is 1. The third kappa shape index (κ3) is 2.35. The van der Waals surface area contributed by atoms with Gasteiger partial charge in [-0.25, -0.2) is 0 Å². The summed E-state index contributed by atoms with van der Waals surface area (Å²) in [5.74, 6) is -0.658. The minimum absolute atomic E-state index is 0.00616. The molecule has 0 saturated carbocycles. The Kier molecular flexibility index (Phi) is 3.77. The molecule has 1 atom stereocenters. The van der Waals surface area contributed by atoms with Gasteiger partial charge in [0.15, 0.2) is 11.2 Å². The smallest absolute Gasteiger partial charge is 0.202 e. The molecule has 0 fully saturated rings. The molecule has 5 nitrogen and oxygen atoms in total. The first-order chi connectivity index (χ1) is 12.8. The van der Waals surface area contributed by atoms with Gasteiger partial charge in [-0.05, 0) is 31.0 Å². The molecule has 0 bridgehead atoms. The summed E-state index contributed by atoms with van der Waals surface area (Å²) >= 11 is 0. The molecule has 1 aliphatic rings. The average Bonchev–Trinajstić information content (AvgIpc) is 2.64. The summed E-state index contributed by atoms with van der Waals surface area (Å²) in [6, 6.07) is 7.43. The topological polar surface area (TPSA) is 84.6 Å². The van der Waals surface area contributed by atoms with E-state index in [9.17, 15) is 19.5 Å². The van der Waals surface area contributed by atoms with E-state index in [1.165, 1.54) is 24.3 Å². The molecule has 1 aliphatic carbocycles. The van der Waals surface area contributed by atoms with Crippen LogP contribution in [0.25, 0.3) is 11.0 Å². The molecular formula is C22H18O5. The van der Waals surface area contributed by atoms with Crippen LogP contribution in [0.4, 0.5) is 0 Å². The highest BCUT2D eigenvalue weighted by atomic mass is 16.3. The van der Waals surface area contributed by atoms with Gasteiger partial charge in [-0.3, -0.25) is 14.4 Å². The third-order valence-electron chi connectivity index (χ3n) is 5.30. The van der Waals surface area contributed by atoms with E-state index >= 15 is 0 Å². The summed E-state index contributed by atoms with van der Waals surface area (Å²) < 4.78 is 5.99. The summed E-state index contributed by atoms with van der Waals surface area (Å²) in [6.07, 6.45) is 0.763. The van der Waals surface area contributed by atoms with Gasteiger partial charge >= 0.3 is 0 Å². The summed E-state index contributed by atoms with van der Waals surface area (Å²) in [5.41, 5.74) is 0.834. The maximum atomic E-state index is 13.2. The van der Waals surface area contributed by atoms with Gasteiger partial charge < -0.3 is 9.52 Å². The fourth-order valence-electron chi connectivity index (χ4n) is 3.63. The van der Waals surface area contributed by atoms with Gasteiger partial charge in [0.2, 0.25) is 5.78 Å². The van der Waals surface area contributed by atoms with Crippen LogP contribution in [0, 0.1) is 6.92 Å². The van der Waals surface area contributed by atoms with E-state index in [4.69, 9.17) is 4.42 Å². The van der Waals surface area contributed by atoms with Crippen LogP contribution in [0.15, 0.2) is 39.5 Å². The lowest BCUT2D eigenvalue weighted by atomic mass is 9.81. The molecule has 5 heteroatoms. The molecule has 4 rings (SSSR count). The first kappa shape index (κ1) is 17.2. The van der Waals surface area contributed by atoms with Gasteiger partial charge in [-0.2, -0.15) is 0 Å². The Balaban J connectivity index is 2.15. The number of carbonyl (C=O) groups is 2. The molecule has 0 radical (unpaired) electrons. The van der Waals surface area contributed by atoms with Crippen molar-refractivity contribution in [1.82, 2.24) is 0 Å². The number of fused-ring (bicyclic) bond motifs is 4. The Morgan fingerprint density at radius 1 is 1.04 bits per heavy atom. The number of benzene rings is 2. The summed E-state index contributed by atoms with van der Waals surface area (Å²) in [6.45, 7) is 5.63. The van der Waals surface area contributed by atoms with Crippen molar-refractivity contribution in [3.8, 4) is 5.75 Å². The maximum Gasteiger partial charge on any atom is 0.202 e. The Morgan fingerprint density at radius 2 is 1.78 bits per heavy atom. The normalized spacial score (nSPS) is 14.2. The second-order valence-electron chi connectivity index (χ2n) is 7.00. The van der Waals surface area contributed by atoms with Gasteiger partial charge in [-0.15, -0.1) is 0 Å². The highest BCUT2D eigenvalue weighted by molar-refractivity contribution is 6.32. The van der Waals surface area contributed by atoms with Crippen LogP contribution in [0.1, 0.15) is 69.4 Å². The molecule has 0 unspecified atom stereocenters. The molecule has 27 heavy (non-hydrogen) atoms. The van der Waals surface area contributed by atoms with E-state index in [0.717, 1.165) is 6.42 Å². The maximum absolute atomic E-state index is 13.2. The number of rotatable bonds is 2. The van der Waals surface area contributed by atoms with Crippen molar-refractivity contribution in [3.05, 3.63) is 74.1 Å². The van der Waals surface area contributed by atoms with E-state index in [1.54, 1.807) is 13.0 Å². The van der Waals surface area contributed by atoms with Crippen molar-refractivity contribution in [3.63, 3.8) is 0 Å². The zero-order chi connectivity index (χ0) is 19.5. The van der Waals surface area contributed by atoms with Crippen LogP contribution in [-0.4, -0.2) is 16.7 Å². The number of hydrogen-bond acceptors (Lipinski definition) is 5. The lowest BCUT2D eigenvalue weighted by Crippen LogP contribution is -2.23. The lowest BCUT2D eigenvalue weighted by Gasteiger charge is -2.20. The SMILES string of the molecule is CC[C@@H](C)c1cc(=O)c2c(C)cc3c(c2o1)C(=O)c1c(O)cccc1C3=O. The number of ketones is 2. The molecule has 136 valence electrons. The second kappa shape index (κ2) is 5.91. The van der Waals surface area contributed by atoms with Crippen LogP contribution < -0.4 is 5.43 Å². The Labute approximate surface area is 155 Å². The minimum atomic E-state index is -0.507. The standard InChI is InChI=1S/C22H18O5/c1-4-10(2)16-9-15(24)17-11(3)8-13-19(22(17)27-16)21(26)18-12(20(13)25)6-5-7-14(18)23/h5-10,23H,4H2,1-3H3/t10-/m1/s1. The van der Waals surface area contributed by atoms with Crippen LogP contribution in [0.5, 0.6) is 5.75 Å². The third-order valence-corrected chi connectivity index (χ3v) is 5.30. The Bertz CT molecular complexity index is 1200. The molecule has 1 heterocycles. The van der Waals surface area contributed by atoms with E-state index < -0.39 is 5.78 Å². The van der Waals surface area contributed by atoms with Gasteiger partial charge in [0.25, 0.3) is 0 Å². The predicted molar refractivity (Wildman–Crippen MR) is 101 cm³/mol. The minimum Gasteiger partial charge on any atom is -0.507 e. The molecular weight excluding hydrogens is 344 g/mol. The van der Waals surface area contributed by atoms with E-state index in [-0.39, 0.29) is 50.7 Å². The molecule has 0 spiro atoms. The van der Waals surface area contributed by atoms with Gasteiger partial charge in [0, 0.05) is 23.1 Å². The first-order valence-electron chi connectivity index (χ1n) is 8.87. The zero-order valence-electron chi connectivity index (χ0n) is 15.3. The van der Waals surface area contributed by atoms with Crippen molar-refractivity contribution < 1.29 is 19.1 Å². The zero-order valence-corrected chi connectivity index (χ0v) is 15.3. The molecule has 2 aromatic carbocycles. The van der Waals surface area contributed by atoms with E-state index in [1.807, 2.05) is 13.8 Å². The second-order valence-corrected chi connectivity index (χ2v) is 7.00. The molecule has 3 aromatic rings. The van der Waals surface area contributed by atoms with Crippen molar-refractivity contribution in [2.75, 3.05) is 0 Å². The number of aryl methyl sites for hydroxylation is 1. The predicted octanol–water partition coefficient (Wildman–Crippen LogP) is 4.10. The monoisotopic (exact) mass is 362 g/mol. The van der Waals surface area contributed by atoms with Crippen LogP contribution >= 0.6 is 0 Å². The lowest BCUT2D eigenvalue weighted by molar-refractivity contribution is 0.0977. The Morgan fingerprint density at radius 3 is 2.48 bits per heavy atom. The van der Waals surface area contributed by atoms with E-state index in [2.05, 4.69) is 0 Å². The summed E-state index contributed by atoms with van der Waals surface area (Å²) in [5, 5.41) is 10.5. The fraction of sp³-hybridized carbons (Fsp3) is 0.227. The summed E-state index contributed by atoms with van der Waals surface area (Å²) in [7, 11) is 0. The highest BCUT2D eigenvalue weighted by Crippen LogP contribution is 2.37. The van der Waals surface area contributed by atoms with E-state index in [0.29, 0.717) is 16.7 Å². The molecule has 1 N–H and O–H groups in total. The van der Waals surface area contributed by atoms with Crippen molar-refractivity contribution in [2.24, 2.45) is 0 Å². The molecule has 0 saturated heterocycles. The van der Waals surface area contributed by atoms with Gasteiger partial charge in [-0.1, -0.05) is 26.0 Å². The Hall–Kier alpha value is -3.21. The van der Waals surface area contributed by atoms with Crippen LogP contribution in [-0.2, 0) is 0 Å². The van der Waals surface area contributed by atoms with Crippen LogP contribution in [0.3, 0.4) is 0 Å². The molecule has 0 aliphatic heterocycles. The largest absolute Gasteiger partial charge is 0.507 e.